The van der Waals surface area contributed by atoms with Gasteiger partial charge in [0, 0.05) is 11.5 Å². The summed E-state index contributed by atoms with van der Waals surface area (Å²) in [5, 5.41) is 6.79. The second-order valence-electron chi connectivity index (χ2n) is 5.88. The molecule has 0 atom stereocenters. The lowest BCUT2D eigenvalue weighted by Crippen LogP contribution is -2.10. The maximum absolute atomic E-state index is 10.6. The van der Waals surface area contributed by atoms with Crippen LogP contribution in [-0.2, 0) is 12.8 Å². The molecule has 2 aliphatic carbocycles. The molecule has 2 aliphatic rings. The Hall–Kier alpha value is -1.64. The molecule has 108 valence electrons. The van der Waals surface area contributed by atoms with E-state index in [1.165, 1.54) is 30.4 Å². The Labute approximate surface area is 121 Å². The summed E-state index contributed by atoms with van der Waals surface area (Å²) in [7, 11) is 0. The van der Waals surface area contributed by atoms with Crippen molar-refractivity contribution in [3.63, 3.8) is 0 Å². The van der Waals surface area contributed by atoms with Crippen LogP contribution in [-0.4, -0.2) is 12.1 Å². The predicted octanol–water partition coefficient (Wildman–Crippen LogP) is 3.35. The SMILES string of the molecule is CCc1cc(C=O)ccc1CC1CC1.N=C(N)C1CC1. The first-order valence-corrected chi connectivity index (χ1v) is 7.55. The van der Waals surface area contributed by atoms with Gasteiger partial charge in [-0.25, -0.2) is 0 Å². The standard InChI is InChI=1S/C13H16O.C4H8N2/c1-2-12-8-11(9-14)5-6-13(12)7-10-3-4-10;5-4(6)3-1-2-3/h5-6,8-10H,2-4,7H2,1H3;3H,1-2H2,(H3,5,6). The minimum Gasteiger partial charge on any atom is -0.387 e. The highest BCUT2D eigenvalue weighted by Gasteiger charge is 2.23. The molecule has 0 amide bonds. The second kappa shape index (κ2) is 6.69. The maximum Gasteiger partial charge on any atom is 0.150 e. The van der Waals surface area contributed by atoms with Gasteiger partial charge in [0.25, 0.3) is 0 Å². The molecule has 0 radical (unpaired) electrons. The molecular formula is C17H24N2O. The Morgan fingerprint density at radius 3 is 2.40 bits per heavy atom. The number of hydrogen-bond acceptors (Lipinski definition) is 2. The lowest BCUT2D eigenvalue weighted by Gasteiger charge is -2.07. The number of aldehydes is 1. The normalized spacial score (nSPS) is 17.1. The van der Waals surface area contributed by atoms with Crippen LogP contribution in [0.15, 0.2) is 18.2 Å². The van der Waals surface area contributed by atoms with Crippen LogP contribution in [0.5, 0.6) is 0 Å². The molecule has 0 bridgehead atoms. The molecular weight excluding hydrogens is 248 g/mol. The number of rotatable bonds is 5. The van der Waals surface area contributed by atoms with Gasteiger partial charge in [0.1, 0.15) is 6.29 Å². The molecule has 1 aromatic rings. The van der Waals surface area contributed by atoms with Gasteiger partial charge in [0.05, 0.1) is 5.84 Å². The highest BCUT2D eigenvalue weighted by atomic mass is 16.1. The Kier molecular flexibility index (Phi) is 4.94. The van der Waals surface area contributed by atoms with Gasteiger partial charge < -0.3 is 5.73 Å². The Morgan fingerprint density at radius 1 is 1.30 bits per heavy atom. The summed E-state index contributed by atoms with van der Waals surface area (Å²) in [5.41, 5.74) is 8.68. The fourth-order valence-corrected chi connectivity index (χ4v) is 2.27. The number of benzene rings is 1. The van der Waals surface area contributed by atoms with E-state index in [9.17, 15) is 4.79 Å². The number of carbonyl (C=O) groups is 1. The number of amidine groups is 1. The molecule has 0 aromatic heterocycles. The van der Waals surface area contributed by atoms with Crippen molar-refractivity contribution in [3.8, 4) is 0 Å². The van der Waals surface area contributed by atoms with Gasteiger partial charge in [0.2, 0.25) is 0 Å². The van der Waals surface area contributed by atoms with Crippen molar-refractivity contribution in [2.75, 3.05) is 0 Å². The van der Waals surface area contributed by atoms with E-state index in [0.717, 1.165) is 37.0 Å². The molecule has 0 unspecified atom stereocenters. The molecule has 2 saturated carbocycles. The average Bonchev–Trinajstić information content (AvgIpc) is 3.31. The van der Waals surface area contributed by atoms with Gasteiger partial charge in [-0.05, 0) is 61.6 Å². The summed E-state index contributed by atoms with van der Waals surface area (Å²) < 4.78 is 0. The number of aryl methyl sites for hydroxylation is 1. The van der Waals surface area contributed by atoms with Crippen molar-refractivity contribution in [2.24, 2.45) is 17.6 Å². The van der Waals surface area contributed by atoms with E-state index < -0.39 is 0 Å². The quantitative estimate of drug-likeness (QED) is 0.490. The Bertz CT molecular complexity index is 488. The Morgan fingerprint density at radius 2 is 2.00 bits per heavy atom. The van der Waals surface area contributed by atoms with Crippen LogP contribution in [0, 0.1) is 17.2 Å². The van der Waals surface area contributed by atoms with Gasteiger partial charge in [-0.2, -0.15) is 0 Å². The first-order valence-electron chi connectivity index (χ1n) is 7.55. The van der Waals surface area contributed by atoms with Crippen LogP contribution in [0.2, 0.25) is 0 Å². The number of hydrogen-bond donors (Lipinski definition) is 2. The van der Waals surface area contributed by atoms with Crippen molar-refractivity contribution in [1.82, 2.24) is 0 Å². The minimum atomic E-state index is 0.370. The van der Waals surface area contributed by atoms with Crippen molar-refractivity contribution >= 4 is 12.1 Å². The third-order valence-corrected chi connectivity index (χ3v) is 3.97. The van der Waals surface area contributed by atoms with E-state index in [-0.39, 0.29) is 0 Å². The van der Waals surface area contributed by atoms with E-state index in [0.29, 0.717) is 11.8 Å². The maximum atomic E-state index is 10.6. The summed E-state index contributed by atoms with van der Waals surface area (Å²) in [6.45, 7) is 2.15. The highest BCUT2D eigenvalue weighted by Crippen LogP contribution is 2.33. The van der Waals surface area contributed by atoms with Crippen LogP contribution in [0.1, 0.15) is 54.1 Å². The molecule has 0 spiro atoms. The zero-order chi connectivity index (χ0) is 14.5. The van der Waals surface area contributed by atoms with Crippen molar-refractivity contribution in [3.05, 3.63) is 34.9 Å². The third kappa shape index (κ3) is 4.48. The minimum absolute atomic E-state index is 0.370. The zero-order valence-corrected chi connectivity index (χ0v) is 12.2. The van der Waals surface area contributed by atoms with Crippen molar-refractivity contribution < 1.29 is 4.79 Å². The summed E-state index contributed by atoms with van der Waals surface area (Å²) in [6.07, 6.45) is 8.24. The number of carbonyl (C=O) groups excluding carboxylic acids is 1. The predicted molar refractivity (Wildman–Crippen MR) is 82.3 cm³/mol. The number of nitrogens with two attached hydrogens (primary N) is 1. The van der Waals surface area contributed by atoms with Gasteiger partial charge in [0.15, 0.2) is 0 Å². The Balaban J connectivity index is 0.000000205. The van der Waals surface area contributed by atoms with Gasteiger partial charge in [-0.3, -0.25) is 10.2 Å². The summed E-state index contributed by atoms with van der Waals surface area (Å²) in [6, 6.07) is 6.09. The molecule has 1 aromatic carbocycles. The van der Waals surface area contributed by atoms with Gasteiger partial charge in [-0.1, -0.05) is 19.1 Å². The van der Waals surface area contributed by atoms with E-state index in [2.05, 4.69) is 13.0 Å². The fraction of sp³-hybridized carbons (Fsp3) is 0.529. The van der Waals surface area contributed by atoms with Crippen LogP contribution < -0.4 is 5.73 Å². The van der Waals surface area contributed by atoms with Crippen LogP contribution >= 0.6 is 0 Å². The molecule has 3 rings (SSSR count). The van der Waals surface area contributed by atoms with E-state index in [1.54, 1.807) is 0 Å². The summed E-state index contributed by atoms with van der Waals surface area (Å²) in [4.78, 5) is 10.6. The van der Waals surface area contributed by atoms with Crippen LogP contribution in [0.4, 0.5) is 0 Å². The van der Waals surface area contributed by atoms with E-state index >= 15 is 0 Å². The average molecular weight is 272 g/mol. The molecule has 0 heterocycles. The summed E-state index contributed by atoms with van der Waals surface area (Å²) >= 11 is 0. The molecule has 0 aliphatic heterocycles. The summed E-state index contributed by atoms with van der Waals surface area (Å²) in [5.74, 6) is 1.75. The first kappa shape index (κ1) is 14.8. The van der Waals surface area contributed by atoms with Crippen LogP contribution in [0.3, 0.4) is 0 Å². The van der Waals surface area contributed by atoms with Crippen molar-refractivity contribution in [2.45, 2.75) is 45.4 Å². The monoisotopic (exact) mass is 272 g/mol. The second-order valence-corrected chi connectivity index (χ2v) is 5.88. The van der Waals surface area contributed by atoms with Crippen molar-refractivity contribution in [1.29, 1.82) is 5.41 Å². The smallest absolute Gasteiger partial charge is 0.150 e. The van der Waals surface area contributed by atoms with Crippen LogP contribution in [0.25, 0.3) is 0 Å². The molecule has 20 heavy (non-hydrogen) atoms. The molecule has 3 N–H and O–H groups in total. The van der Waals surface area contributed by atoms with Gasteiger partial charge >= 0.3 is 0 Å². The molecule has 3 heteroatoms. The molecule has 0 saturated heterocycles. The molecule has 3 nitrogen and oxygen atoms in total. The zero-order valence-electron chi connectivity index (χ0n) is 12.2. The lowest BCUT2D eigenvalue weighted by molar-refractivity contribution is 0.112. The molecule has 2 fully saturated rings. The van der Waals surface area contributed by atoms with E-state index in [4.69, 9.17) is 11.1 Å². The first-order chi connectivity index (χ1) is 9.63. The largest absolute Gasteiger partial charge is 0.387 e. The lowest BCUT2D eigenvalue weighted by atomic mass is 9.98. The topological polar surface area (TPSA) is 66.9 Å². The third-order valence-electron chi connectivity index (χ3n) is 3.97. The highest BCUT2D eigenvalue weighted by molar-refractivity contribution is 5.81. The number of nitrogens with one attached hydrogen (secondary N) is 1. The van der Waals surface area contributed by atoms with E-state index in [1.807, 2.05) is 12.1 Å². The van der Waals surface area contributed by atoms with Gasteiger partial charge in [-0.15, -0.1) is 0 Å². The fourth-order valence-electron chi connectivity index (χ4n) is 2.27.